The minimum Gasteiger partial charge on any atom is -0.493 e. The molecule has 2 aliphatic heterocycles. The van der Waals surface area contributed by atoms with E-state index in [4.69, 9.17) is 14.5 Å². The Kier molecular flexibility index (Phi) is 8.23. The second-order valence-electron chi connectivity index (χ2n) is 7.57. The summed E-state index contributed by atoms with van der Waals surface area (Å²) in [6.45, 7) is 10.8. The average Bonchev–Trinajstić information content (AvgIpc) is 3.42. The number of methoxy groups -OCH3 is 1. The summed E-state index contributed by atoms with van der Waals surface area (Å²) in [5.74, 6) is 2.68. The van der Waals surface area contributed by atoms with E-state index in [1.807, 2.05) is 13.0 Å². The Hall–Kier alpha value is -2.21. The molecular weight excluding hydrogens is 364 g/mol. The molecule has 1 aromatic carbocycles. The van der Waals surface area contributed by atoms with E-state index in [9.17, 15) is 0 Å². The smallest absolute Gasteiger partial charge is 0.193 e. The van der Waals surface area contributed by atoms with Crippen molar-refractivity contribution >= 4 is 5.96 Å². The molecule has 160 valence electrons. The Morgan fingerprint density at radius 2 is 2.03 bits per heavy atom. The zero-order chi connectivity index (χ0) is 20.5. The lowest BCUT2D eigenvalue weighted by Crippen LogP contribution is -2.42. The maximum Gasteiger partial charge on any atom is 0.193 e. The Morgan fingerprint density at radius 1 is 1.21 bits per heavy atom. The number of guanidine groups is 1. The maximum absolute atomic E-state index is 5.69. The molecule has 1 atom stereocenters. The van der Waals surface area contributed by atoms with Gasteiger partial charge >= 0.3 is 0 Å². The molecular formula is C23H36N4O2. The topological polar surface area (TPSA) is 49.3 Å². The number of ether oxygens (including phenoxy) is 2. The van der Waals surface area contributed by atoms with Gasteiger partial charge in [0.2, 0.25) is 0 Å². The van der Waals surface area contributed by atoms with Crippen LogP contribution in [-0.4, -0.2) is 74.8 Å². The highest BCUT2D eigenvalue weighted by Crippen LogP contribution is 2.28. The summed E-state index contributed by atoms with van der Waals surface area (Å²) in [7, 11) is 1.68. The summed E-state index contributed by atoms with van der Waals surface area (Å²) in [6, 6.07) is 6.84. The summed E-state index contributed by atoms with van der Waals surface area (Å²) in [4.78, 5) is 9.89. The molecule has 0 amide bonds. The molecule has 1 fully saturated rings. The lowest BCUT2D eigenvalue weighted by molar-refractivity contribution is 0.259. The van der Waals surface area contributed by atoms with Gasteiger partial charge in [0.05, 0.1) is 13.7 Å². The number of nitrogens with one attached hydrogen (secondary N) is 1. The predicted octanol–water partition coefficient (Wildman–Crippen LogP) is 2.94. The van der Waals surface area contributed by atoms with Crippen molar-refractivity contribution in [2.75, 3.05) is 53.0 Å². The van der Waals surface area contributed by atoms with Gasteiger partial charge in [-0.15, -0.1) is 0 Å². The van der Waals surface area contributed by atoms with Crippen LogP contribution in [0.25, 0.3) is 0 Å². The summed E-state index contributed by atoms with van der Waals surface area (Å²) >= 11 is 0. The molecule has 0 spiro atoms. The lowest BCUT2D eigenvalue weighted by atomic mass is 10.1. The minimum atomic E-state index is 0.639. The quantitative estimate of drug-likeness (QED) is 0.299. The molecule has 2 heterocycles. The fourth-order valence-corrected chi connectivity index (χ4v) is 4.06. The first-order valence-corrected chi connectivity index (χ1v) is 11.0. The van der Waals surface area contributed by atoms with Crippen LogP contribution in [0.2, 0.25) is 0 Å². The van der Waals surface area contributed by atoms with Crippen LogP contribution in [0, 0.1) is 0 Å². The normalized spacial score (nSPS) is 19.8. The van der Waals surface area contributed by atoms with Crippen LogP contribution in [0.15, 0.2) is 35.3 Å². The molecule has 1 saturated heterocycles. The van der Waals surface area contributed by atoms with Crippen molar-refractivity contribution in [3.8, 4) is 11.5 Å². The first-order valence-electron chi connectivity index (χ1n) is 11.0. The van der Waals surface area contributed by atoms with Gasteiger partial charge in [-0.05, 0) is 50.8 Å². The molecule has 1 aromatic rings. The van der Waals surface area contributed by atoms with Crippen LogP contribution in [0.4, 0.5) is 0 Å². The monoisotopic (exact) mass is 400 g/mol. The van der Waals surface area contributed by atoms with Gasteiger partial charge in [-0.25, -0.2) is 0 Å². The number of rotatable bonds is 9. The summed E-state index contributed by atoms with van der Waals surface area (Å²) in [5.41, 5.74) is 1.26. The number of nitrogens with zero attached hydrogens (tertiary/aromatic N) is 3. The Morgan fingerprint density at radius 3 is 2.76 bits per heavy atom. The highest BCUT2D eigenvalue weighted by atomic mass is 16.5. The standard InChI is InChI=1S/C23H36N4O2/c1-4-24-23(27-16-12-20(18-27)26-14-6-7-15-26)25-13-8-9-19-10-11-21(28-3)22(17-19)29-5-2/h6-7,10-11,17,20H,4-5,8-9,12-16,18H2,1-3H3,(H,24,25). The summed E-state index contributed by atoms with van der Waals surface area (Å²) in [6.07, 6.45) is 7.77. The van der Waals surface area contributed by atoms with E-state index < -0.39 is 0 Å². The molecule has 0 aromatic heterocycles. The third-order valence-corrected chi connectivity index (χ3v) is 5.57. The van der Waals surface area contributed by atoms with E-state index in [-0.39, 0.29) is 0 Å². The van der Waals surface area contributed by atoms with Gasteiger partial charge in [0.1, 0.15) is 0 Å². The van der Waals surface area contributed by atoms with Gasteiger partial charge in [0.25, 0.3) is 0 Å². The second-order valence-corrected chi connectivity index (χ2v) is 7.57. The van der Waals surface area contributed by atoms with Crippen LogP contribution in [0.1, 0.15) is 32.3 Å². The van der Waals surface area contributed by atoms with Crippen LogP contribution >= 0.6 is 0 Å². The molecule has 0 aliphatic carbocycles. The number of likely N-dealkylation sites (tertiary alicyclic amines) is 1. The summed E-state index contributed by atoms with van der Waals surface area (Å²) in [5, 5.41) is 3.48. The number of hydrogen-bond acceptors (Lipinski definition) is 4. The van der Waals surface area contributed by atoms with Crippen LogP contribution in [-0.2, 0) is 6.42 Å². The third kappa shape index (κ3) is 5.89. The van der Waals surface area contributed by atoms with Crippen molar-refractivity contribution in [3.63, 3.8) is 0 Å². The van der Waals surface area contributed by atoms with E-state index in [1.165, 1.54) is 12.0 Å². The fourth-order valence-electron chi connectivity index (χ4n) is 4.06. The molecule has 6 heteroatoms. The number of aryl methyl sites for hydroxylation is 1. The third-order valence-electron chi connectivity index (χ3n) is 5.57. The highest BCUT2D eigenvalue weighted by Gasteiger charge is 2.29. The molecule has 0 bridgehead atoms. The van der Waals surface area contributed by atoms with Gasteiger partial charge in [0, 0.05) is 45.3 Å². The maximum atomic E-state index is 5.69. The van der Waals surface area contributed by atoms with Gasteiger partial charge in [0.15, 0.2) is 17.5 Å². The van der Waals surface area contributed by atoms with Crippen molar-refractivity contribution in [1.29, 1.82) is 0 Å². The zero-order valence-electron chi connectivity index (χ0n) is 18.2. The fraction of sp³-hybridized carbons (Fsp3) is 0.609. The number of aliphatic imine (C=N–C) groups is 1. The van der Waals surface area contributed by atoms with Gasteiger partial charge in [-0.1, -0.05) is 18.2 Å². The molecule has 3 rings (SSSR count). The van der Waals surface area contributed by atoms with E-state index in [0.29, 0.717) is 12.6 Å². The Labute approximate surface area is 175 Å². The molecule has 0 saturated carbocycles. The van der Waals surface area contributed by atoms with Crippen LogP contribution < -0.4 is 14.8 Å². The number of benzene rings is 1. The Balaban J connectivity index is 1.51. The van der Waals surface area contributed by atoms with Gasteiger partial charge in [-0.3, -0.25) is 9.89 Å². The molecule has 2 aliphatic rings. The van der Waals surface area contributed by atoms with E-state index >= 15 is 0 Å². The molecule has 0 radical (unpaired) electrons. The molecule has 1 unspecified atom stereocenters. The van der Waals surface area contributed by atoms with Gasteiger partial charge < -0.3 is 19.7 Å². The van der Waals surface area contributed by atoms with Crippen molar-refractivity contribution in [1.82, 2.24) is 15.1 Å². The number of hydrogen-bond donors (Lipinski definition) is 1. The van der Waals surface area contributed by atoms with Crippen LogP contribution in [0.3, 0.4) is 0 Å². The first kappa shape index (κ1) is 21.5. The van der Waals surface area contributed by atoms with E-state index in [1.54, 1.807) is 7.11 Å². The molecule has 29 heavy (non-hydrogen) atoms. The largest absolute Gasteiger partial charge is 0.493 e. The van der Waals surface area contributed by atoms with E-state index in [0.717, 1.165) is 69.6 Å². The molecule has 1 N–H and O–H groups in total. The van der Waals surface area contributed by atoms with Crippen molar-refractivity contribution < 1.29 is 9.47 Å². The predicted molar refractivity (Wildman–Crippen MR) is 119 cm³/mol. The van der Waals surface area contributed by atoms with Crippen molar-refractivity contribution in [2.24, 2.45) is 4.99 Å². The van der Waals surface area contributed by atoms with E-state index in [2.05, 4.69) is 46.3 Å². The van der Waals surface area contributed by atoms with Crippen molar-refractivity contribution in [3.05, 3.63) is 35.9 Å². The summed E-state index contributed by atoms with van der Waals surface area (Å²) < 4.78 is 11.1. The van der Waals surface area contributed by atoms with Gasteiger partial charge in [-0.2, -0.15) is 0 Å². The highest BCUT2D eigenvalue weighted by molar-refractivity contribution is 5.80. The molecule has 6 nitrogen and oxygen atoms in total. The second kappa shape index (κ2) is 11.1. The SMILES string of the molecule is CCNC(=NCCCc1ccc(OC)c(OCC)c1)N1CCC(N2CC=CC2)C1. The zero-order valence-corrected chi connectivity index (χ0v) is 18.2. The minimum absolute atomic E-state index is 0.639. The van der Waals surface area contributed by atoms with Crippen LogP contribution in [0.5, 0.6) is 11.5 Å². The first-order chi connectivity index (χ1) is 14.2. The Bertz CT molecular complexity index is 696. The lowest BCUT2D eigenvalue weighted by Gasteiger charge is -2.25. The van der Waals surface area contributed by atoms with Crippen molar-refractivity contribution in [2.45, 2.75) is 39.2 Å². The average molecular weight is 401 g/mol.